The predicted octanol–water partition coefficient (Wildman–Crippen LogP) is 2.07. The van der Waals surface area contributed by atoms with Gasteiger partial charge >= 0.3 is 0 Å². The van der Waals surface area contributed by atoms with Crippen molar-refractivity contribution in [1.29, 1.82) is 0 Å². The first-order valence-electron chi connectivity index (χ1n) is 6.01. The van der Waals surface area contributed by atoms with Gasteiger partial charge in [0.2, 0.25) is 0 Å². The highest BCUT2D eigenvalue weighted by Crippen LogP contribution is 2.30. The molecule has 94 valence electrons. The van der Waals surface area contributed by atoms with Crippen molar-refractivity contribution in [2.75, 3.05) is 31.6 Å². The number of halogens is 1. The summed E-state index contributed by atoms with van der Waals surface area (Å²) < 4.78 is 5.36. The lowest BCUT2D eigenvalue weighted by Gasteiger charge is -2.20. The maximum absolute atomic E-state index is 6.31. The molecule has 1 saturated heterocycles. The molecule has 1 heterocycles. The molecular weight excluding hydrogens is 236 g/mol. The van der Waals surface area contributed by atoms with Crippen molar-refractivity contribution in [3.05, 3.63) is 28.8 Å². The quantitative estimate of drug-likeness (QED) is 0.894. The summed E-state index contributed by atoms with van der Waals surface area (Å²) in [6.45, 7) is 2.59. The van der Waals surface area contributed by atoms with E-state index >= 15 is 0 Å². The van der Waals surface area contributed by atoms with Gasteiger partial charge in [0.25, 0.3) is 0 Å². The molecular formula is C13H19ClN2O. The number of hydrogen-bond donors (Lipinski definition) is 1. The van der Waals surface area contributed by atoms with Gasteiger partial charge in [0.05, 0.1) is 16.8 Å². The highest BCUT2D eigenvalue weighted by Gasteiger charge is 2.23. The van der Waals surface area contributed by atoms with Gasteiger partial charge in [-0.1, -0.05) is 17.7 Å². The molecule has 2 rings (SSSR count). The van der Waals surface area contributed by atoms with Crippen LogP contribution >= 0.6 is 11.6 Å². The maximum Gasteiger partial charge on any atom is 0.0762 e. The van der Waals surface area contributed by atoms with Crippen LogP contribution in [0.3, 0.4) is 0 Å². The van der Waals surface area contributed by atoms with Crippen molar-refractivity contribution in [3.63, 3.8) is 0 Å². The molecule has 1 aromatic rings. The summed E-state index contributed by atoms with van der Waals surface area (Å²) in [5, 5.41) is 0.813. The van der Waals surface area contributed by atoms with Crippen molar-refractivity contribution in [2.24, 2.45) is 5.73 Å². The van der Waals surface area contributed by atoms with Gasteiger partial charge in [-0.3, -0.25) is 0 Å². The van der Waals surface area contributed by atoms with E-state index in [0.717, 1.165) is 36.6 Å². The van der Waals surface area contributed by atoms with E-state index in [2.05, 4.69) is 17.0 Å². The summed E-state index contributed by atoms with van der Waals surface area (Å²) in [5.41, 5.74) is 7.84. The Balaban J connectivity index is 2.11. The molecule has 1 atom stereocenters. The third-order valence-corrected chi connectivity index (χ3v) is 3.57. The normalized spacial score (nSPS) is 19.9. The van der Waals surface area contributed by atoms with E-state index in [1.807, 2.05) is 6.07 Å². The number of nitrogens with two attached hydrogens (primary N) is 1. The van der Waals surface area contributed by atoms with E-state index < -0.39 is 0 Å². The molecule has 1 aromatic carbocycles. The zero-order chi connectivity index (χ0) is 12.3. The minimum Gasteiger partial charge on any atom is -0.380 e. The lowest BCUT2D eigenvalue weighted by atomic mass is 10.1. The second-order valence-corrected chi connectivity index (χ2v) is 4.82. The van der Waals surface area contributed by atoms with Crippen LogP contribution in [0.1, 0.15) is 12.0 Å². The van der Waals surface area contributed by atoms with E-state index in [1.54, 1.807) is 7.11 Å². The third-order valence-electron chi connectivity index (χ3n) is 3.26. The number of methoxy groups -OCH3 is 1. The molecule has 3 nitrogen and oxygen atoms in total. The summed E-state index contributed by atoms with van der Waals surface area (Å²) in [5.74, 6) is 0. The van der Waals surface area contributed by atoms with Crippen molar-refractivity contribution in [3.8, 4) is 0 Å². The number of rotatable bonds is 4. The summed E-state index contributed by atoms with van der Waals surface area (Å²) >= 11 is 6.31. The van der Waals surface area contributed by atoms with Crippen LogP contribution < -0.4 is 10.6 Å². The number of ether oxygens (including phenoxy) is 1. The second-order valence-electron chi connectivity index (χ2n) is 4.42. The molecule has 0 radical (unpaired) electrons. The first-order valence-corrected chi connectivity index (χ1v) is 6.38. The van der Waals surface area contributed by atoms with Gasteiger partial charge in [0.15, 0.2) is 0 Å². The molecule has 1 fully saturated rings. The topological polar surface area (TPSA) is 38.5 Å². The molecule has 0 spiro atoms. The average molecular weight is 255 g/mol. The Morgan fingerprint density at radius 3 is 2.94 bits per heavy atom. The Labute approximate surface area is 107 Å². The summed E-state index contributed by atoms with van der Waals surface area (Å²) in [6.07, 6.45) is 2.27. The largest absolute Gasteiger partial charge is 0.380 e. The predicted molar refractivity (Wildman–Crippen MR) is 71.8 cm³/mol. The summed E-state index contributed by atoms with van der Waals surface area (Å²) in [4.78, 5) is 2.28. The van der Waals surface area contributed by atoms with Crippen LogP contribution in [0, 0.1) is 0 Å². The Kier molecular flexibility index (Phi) is 4.26. The third kappa shape index (κ3) is 2.92. The Morgan fingerprint density at radius 2 is 2.35 bits per heavy atom. The molecule has 0 aromatic heterocycles. The van der Waals surface area contributed by atoms with Crippen molar-refractivity contribution in [2.45, 2.75) is 18.9 Å². The summed E-state index contributed by atoms with van der Waals surface area (Å²) in [6, 6.07) is 6.21. The molecule has 4 heteroatoms. The first-order chi connectivity index (χ1) is 8.24. The van der Waals surface area contributed by atoms with Crippen LogP contribution in [0.4, 0.5) is 5.69 Å². The second kappa shape index (κ2) is 5.71. The molecule has 0 amide bonds. The van der Waals surface area contributed by atoms with Gasteiger partial charge < -0.3 is 15.4 Å². The zero-order valence-corrected chi connectivity index (χ0v) is 10.9. The van der Waals surface area contributed by atoms with Crippen LogP contribution in [0.15, 0.2) is 18.2 Å². The van der Waals surface area contributed by atoms with E-state index in [9.17, 15) is 0 Å². The number of benzene rings is 1. The lowest BCUT2D eigenvalue weighted by Crippen LogP contribution is -2.22. The van der Waals surface area contributed by atoms with Crippen molar-refractivity contribution >= 4 is 17.3 Å². The molecule has 17 heavy (non-hydrogen) atoms. The fraction of sp³-hybridized carbons (Fsp3) is 0.538. The molecule has 0 aliphatic carbocycles. The van der Waals surface area contributed by atoms with Gasteiger partial charge in [0.1, 0.15) is 0 Å². The van der Waals surface area contributed by atoms with Crippen LogP contribution in [-0.4, -0.2) is 32.8 Å². The van der Waals surface area contributed by atoms with E-state index in [-0.39, 0.29) is 0 Å². The number of nitrogens with zero attached hydrogens (tertiary/aromatic N) is 1. The molecule has 0 bridgehead atoms. The van der Waals surface area contributed by atoms with E-state index in [4.69, 9.17) is 22.1 Å². The van der Waals surface area contributed by atoms with Gasteiger partial charge in [-0.25, -0.2) is 0 Å². The number of hydrogen-bond acceptors (Lipinski definition) is 3. The fourth-order valence-electron chi connectivity index (χ4n) is 2.27. The molecule has 1 aliphatic heterocycles. The van der Waals surface area contributed by atoms with Gasteiger partial charge in [-0.05, 0) is 37.1 Å². The van der Waals surface area contributed by atoms with Crippen LogP contribution in [0.5, 0.6) is 0 Å². The van der Waals surface area contributed by atoms with E-state index in [0.29, 0.717) is 12.6 Å². The van der Waals surface area contributed by atoms with Crippen molar-refractivity contribution < 1.29 is 4.74 Å². The molecule has 0 saturated carbocycles. The smallest absolute Gasteiger partial charge is 0.0762 e. The lowest BCUT2D eigenvalue weighted by molar-refractivity contribution is 0.121. The Morgan fingerprint density at radius 1 is 1.53 bits per heavy atom. The Bertz CT molecular complexity index is 384. The van der Waals surface area contributed by atoms with Crippen molar-refractivity contribution in [1.82, 2.24) is 0 Å². The highest BCUT2D eigenvalue weighted by molar-refractivity contribution is 6.33. The highest BCUT2D eigenvalue weighted by atomic mass is 35.5. The molecule has 1 aliphatic rings. The molecule has 2 N–H and O–H groups in total. The Hall–Kier alpha value is -0.770. The average Bonchev–Trinajstić information content (AvgIpc) is 2.78. The maximum atomic E-state index is 6.31. The monoisotopic (exact) mass is 254 g/mol. The first kappa shape index (κ1) is 12.7. The van der Waals surface area contributed by atoms with Crippen LogP contribution in [-0.2, 0) is 11.2 Å². The van der Waals surface area contributed by atoms with Gasteiger partial charge in [-0.2, -0.15) is 0 Å². The SMILES string of the molecule is COC1CCN(c2ccc(CCN)cc2Cl)C1. The minimum absolute atomic E-state index is 0.329. The summed E-state index contributed by atoms with van der Waals surface area (Å²) in [7, 11) is 1.76. The van der Waals surface area contributed by atoms with Crippen LogP contribution in [0.2, 0.25) is 5.02 Å². The minimum atomic E-state index is 0.329. The van der Waals surface area contributed by atoms with Gasteiger partial charge in [-0.15, -0.1) is 0 Å². The standard InChI is InChI=1S/C13H19ClN2O/c1-17-11-5-7-16(9-11)13-3-2-10(4-6-15)8-12(13)14/h2-3,8,11H,4-7,9,15H2,1H3. The zero-order valence-electron chi connectivity index (χ0n) is 10.2. The number of anilines is 1. The van der Waals surface area contributed by atoms with Crippen LogP contribution in [0.25, 0.3) is 0 Å². The fourth-order valence-corrected chi connectivity index (χ4v) is 2.59. The van der Waals surface area contributed by atoms with E-state index in [1.165, 1.54) is 5.56 Å². The van der Waals surface area contributed by atoms with Gasteiger partial charge in [0, 0.05) is 20.2 Å². The molecule has 1 unspecified atom stereocenters.